The monoisotopic (exact) mass is 332 g/mol. The van der Waals surface area contributed by atoms with Crippen molar-refractivity contribution in [2.24, 2.45) is 5.92 Å². The summed E-state index contributed by atoms with van der Waals surface area (Å²) in [6.45, 7) is 9.50. The Morgan fingerprint density at radius 3 is 2.38 bits per heavy atom. The summed E-state index contributed by atoms with van der Waals surface area (Å²) in [4.78, 5) is 5.12. The van der Waals surface area contributed by atoms with Gasteiger partial charge in [-0.2, -0.15) is 0 Å². The number of para-hydroxylation sites is 1. The van der Waals surface area contributed by atoms with Crippen LogP contribution in [0, 0.1) is 5.92 Å². The van der Waals surface area contributed by atoms with Crippen LogP contribution >= 0.6 is 0 Å². The van der Waals surface area contributed by atoms with Crippen LogP contribution < -0.4 is 4.74 Å². The minimum atomic E-state index is -0.0616. The first-order valence-electron chi connectivity index (χ1n) is 9.58. The lowest BCUT2D eigenvalue weighted by molar-refractivity contribution is 0.0644. The van der Waals surface area contributed by atoms with Gasteiger partial charge in [-0.1, -0.05) is 18.2 Å². The predicted molar refractivity (Wildman–Crippen MR) is 97.3 cm³/mol. The van der Waals surface area contributed by atoms with E-state index in [0.717, 1.165) is 50.8 Å². The number of hydrogen-bond acceptors (Lipinski definition) is 4. The standard InChI is InChI=1S/C20H32N2O2/c1-2-24-20-6-4-3-5-18(20)16-22-11-7-17(8-12-22)15-21-13-9-19(23)10-14-21/h3-6,17,19,23H,2,7-16H2,1H3. The summed E-state index contributed by atoms with van der Waals surface area (Å²) in [5, 5.41) is 9.62. The van der Waals surface area contributed by atoms with Gasteiger partial charge in [-0.3, -0.25) is 4.90 Å². The van der Waals surface area contributed by atoms with E-state index in [0.29, 0.717) is 0 Å². The molecule has 3 rings (SSSR count). The Balaban J connectivity index is 1.44. The van der Waals surface area contributed by atoms with Gasteiger partial charge in [0, 0.05) is 31.7 Å². The molecular weight excluding hydrogens is 300 g/mol. The minimum absolute atomic E-state index is 0.0616. The van der Waals surface area contributed by atoms with Crippen molar-refractivity contribution in [3.63, 3.8) is 0 Å². The summed E-state index contributed by atoms with van der Waals surface area (Å²) in [6, 6.07) is 8.43. The fourth-order valence-corrected chi connectivity index (χ4v) is 3.97. The van der Waals surface area contributed by atoms with E-state index >= 15 is 0 Å². The molecular formula is C20H32N2O2. The summed E-state index contributed by atoms with van der Waals surface area (Å²) in [7, 11) is 0. The van der Waals surface area contributed by atoms with Crippen LogP contribution in [0.25, 0.3) is 0 Å². The molecule has 2 heterocycles. The second-order valence-corrected chi connectivity index (χ2v) is 7.29. The van der Waals surface area contributed by atoms with Crippen molar-refractivity contribution in [1.82, 2.24) is 9.80 Å². The lowest BCUT2D eigenvalue weighted by atomic mass is 9.94. The predicted octanol–water partition coefficient (Wildman–Crippen LogP) is 2.75. The molecule has 0 bridgehead atoms. The summed E-state index contributed by atoms with van der Waals surface area (Å²) < 4.78 is 5.76. The Morgan fingerprint density at radius 1 is 1.00 bits per heavy atom. The molecule has 2 saturated heterocycles. The second-order valence-electron chi connectivity index (χ2n) is 7.29. The summed E-state index contributed by atoms with van der Waals surface area (Å²) >= 11 is 0. The van der Waals surface area contributed by atoms with E-state index in [-0.39, 0.29) is 6.10 Å². The Morgan fingerprint density at radius 2 is 1.67 bits per heavy atom. The highest BCUT2D eigenvalue weighted by Crippen LogP contribution is 2.25. The zero-order valence-corrected chi connectivity index (χ0v) is 15.0. The number of aliphatic hydroxyl groups is 1. The van der Waals surface area contributed by atoms with E-state index in [2.05, 4.69) is 34.1 Å². The summed E-state index contributed by atoms with van der Waals surface area (Å²) in [5.74, 6) is 1.85. The first-order chi connectivity index (χ1) is 11.7. The lowest BCUT2D eigenvalue weighted by Gasteiger charge is -2.37. The van der Waals surface area contributed by atoms with E-state index < -0.39 is 0 Å². The Hall–Kier alpha value is -1.10. The number of hydrogen-bond donors (Lipinski definition) is 1. The third-order valence-corrected chi connectivity index (χ3v) is 5.45. The highest BCUT2D eigenvalue weighted by molar-refractivity contribution is 5.33. The SMILES string of the molecule is CCOc1ccccc1CN1CCC(CN2CCC(O)CC2)CC1. The van der Waals surface area contributed by atoms with Gasteiger partial charge in [0.1, 0.15) is 5.75 Å². The zero-order valence-electron chi connectivity index (χ0n) is 15.0. The molecule has 0 atom stereocenters. The van der Waals surface area contributed by atoms with Crippen LogP contribution in [0.3, 0.4) is 0 Å². The van der Waals surface area contributed by atoms with Crippen molar-refractivity contribution >= 4 is 0 Å². The van der Waals surface area contributed by atoms with Gasteiger partial charge in [-0.15, -0.1) is 0 Å². The Kier molecular flexibility index (Phi) is 6.52. The third kappa shape index (κ3) is 4.95. The van der Waals surface area contributed by atoms with Crippen LogP contribution in [0.4, 0.5) is 0 Å². The Labute approximate surface area is 146 Å². The van der Waals surface area contributed by atoms with Gasteiger partial charge in [-0.25, -0.2) is 0 Å². The molecule has 0 radical (unpaired) electrons. The number of ether oxygens (including phenoxy) is 1. The molecule has 0 aliphatic carbocycles. The minimum Gasteiger partial charge on any atom is -0.494 e. The molecule has 2 aliphatic rings. The molecule has 0 unspecified atom stereocenters. The molecule has 0 saturated carbocycles. The van der Waals surface area contributed by atoms with Gasteiger partial charge in [-0.05, 0) is 57.7 Å². The van der Waals surface area contributed by atoms with Crippen LogP contribution in [-0.2, 0) is 6.54 Å². The highest BCUT2D eigenvalue weighted by Gasteiger charge is 2.24. The highest BCUT2D eigenvalue weighted by atomic mass is 16.5. The number of benzene rings is 1. The molecule has 0 spiro atoms. The van der Waals surface area contributed by atoms with Crippen molar-refractivity contribution in [2.75, 3.05) is 39.3 Å². The van der Waals surface area contributed by atoms with Crippen LogP contribution in [0.1, 0.15) is 38.2 Å². The van der Waals surface area contributed by atoms with E-state index in [1.165, 1.54) is 38.0 Å². The topological polar surface area (TPSA) is 35.9 Å². The van der Waals surface area contributed by atoms with Crippen LogP contribution in [0.5, 0.6) is 5.75 Å². The summed E-state index contributed by atoms with van der Waals surface area (Å²) in [6.07, 6.45) is 4.42. The Bertz CT molecular complexity index is 492. The summed E-state index contributed by atoms with van der Waals surface area (Å²) in [5.41, 5.74) is 1.31. The molecule has 2 fully saturated rings. The van der Waals surface area contributed by atoms with E-state index in [9.17, 15) is 5.11 Å². The number of rotatable bonds is 6. The van der Waals surface area contributed by atoms with Crippen molar-refractivity contribution < 1.29 is 9.84 Å². The maximum absolute atomic E-state index is 9.62. The average molecular weight is 332 g/mol. The van der Waals surface area contributed by atoms with Gasteiger partial charge in [0.25, 0.3) is 0 Å². The van der Waals surface area contributed by atoms with Crippen LogP contribution in [0.2, 0.25) is 0 Å². The normalized spacial score (nSPS) is 21.9. The zero-order chi connectivity index (χ0) is 16.8. The molecule has 1 aromatic rings. The van der Waals surface area contributed by atoms with Crippen LogP contribution in [0.15, 0.2) is 24.3 Å². The largest absolute Gasteiger partial charge is 0.494 e. The molecule has 134 valence electrons. The van der Waals surface area contributed by atoms with Crippen molar-refractivity contribution in [1.29, 1.82) is 0 Å². The van der Waals surface area contributed by atoms with Gasteiger partial charge in [0.15, 0.2) is 0 Å². The molecule has 4 nitrogen and oxygen atoms in total. The van der Waals surface area contributed by atoms with Crippen molar-refractivity contribution in [3.05, 3.63) is 29.8 Å². The van der Waals surface area contributed by atoms with Crippen molar-refractivity contribution in [3.8, 4) is 5.75 Å². The maximum Gasteiger partial charge on any atom is 0.123 e. The van der Waals surface area contributed by atoms with Gasteiger partial charge in [0.05, 0.1) is 12.7 Å². The van der Waals surface area contributed by atoms with E-state index in [4.69, 9.17) is 4.74 Å². The fourth-order valence-electron chi connectivity index (χ4n) is 3.97. The molecule has 1 aromatic carbocycles. The number of piperidine rings is 2. The van der Waals surface area contributed by atoms with E-state index in [1.807, 2.05) is 6.92 Å². The first kappa shape index (κ1) is 17.7. The van der Waals surface area contributed by atoms with Gasteiger partial charge < -0.3 is 14.7 Å². The second kappa shape index (κ2) is 8.84. The average Bonchev–Trinajstić information content (AvgIpc) is 2.61. The smallest absolute Gasteiger partial charge is 0.123 e. The molecule has 4 heteroatoms. The number of likely N-dealkylation sites (tertiary alicyclic amines) is 2. The molecule has 1 N–H and O–H groups in total. The van der Waals surface area contributed by atoms with Crippen LogP contribution in [-0.4, -0.2) is 60.3 Å². The molecule has 0 amide bonds. The number of aliphatic hydroxyl groups excluding tert-OH is 1. The molecule has 0 aromatic heterocycles. The van der Waals surface area contributed by atoms with Gasteiger partial charge in [0.2, 0.25) is 0 Å². The quantitative estimate of drug-likeness (QED) is 0.869. The lowest BCUT2D eigenvalue weighted by Crippen LogP contribution is -2.42. The first-order valence-corrected chi connectivity index (χ1v) is 9.58. The molecule has 2 aliphatic heterocycles. The number of nitrogens with zero attached hydrogens (tertiary/aromatic N) is 2. The van der Waals surface area contributed by atoms with E-state index in [1.54, 1.807) is 0 Å². The molecule has 24 heavy (non-hydrogen) atoms. The van der Waals surface area contributed by atoms with Crippen molar-refractivity contribution in [2.45, 2.75) is 45.3 Å². The maximum atomic E-state index is 9.62. The fraction of sp³-hybridized carbons (Fsp3) is 0.700. The van der Waals surface area contributed by atoms with Gasteiger partial charge >= 0.3 is 0 Å². The third-order valence-electron chi connectivity index (χ3n) is 5.45.